The van der Waals surface area contributed by atoms with Crippen LogP contribution >= 0.6 is 15.9 Å². The number of halogens is 1. The molecule has 4 atom stereocenters. The average molecular weight is 441 g/mol. The normalized spacial score (nSPS) is 25.4. The Kier molecular flexibility index (Phi) is 5.61. The van der Waals surface area contributed by atoms with Crippen molar-refractivity contribution in [2.45, 2.75) is 43.5 Å². The van der Waals surface area contributed by atoms with E-state index in [9.17, 15) is 9.59 Å². The van der Waals surface area contributed by atoms with Crippen LogP contribution in [0.3, 0.4) is 0 Å². The van der Waals surface area contributed by atoms with Gasteiger partial charge in [-0.2, -0.15) is 4.98 Å². The maximum atomic E-state index is 12.3. The Balaban J connectivity index is 2.07. The van der Waals surface area contributed by atoms with Gasteiger partial charge in [-0.25, -0.2) is 9.98 Å². The smallest absolute Gasteiger partial charge is 0.303 e. The van der Waals surface area contributed by atoms with E-state index in [1.807, 2.05) is 21.0 Å². The quantitative estimate of drug-likeness (QED) is 0.322. The largest absolute Gasteiger partial charge is 0.456 e. The van der Waals surface area contributed by atoms with Crippen molar-refractivity contribution in [1.29, 1.82) is 0 Å². The standard InChI is InChI=1S/C16H21BrN6O4/c1-5-9-10(17)12(26-8(2)24)15(27-9)23-7-18-11-13(23)20-16(21-14(11)25)19-6-22(3)4/h6-7,9-10,12,15H,5H2,1-4H3,(H,20,21,25)/t9-,10+,12?,15-/m1/s1. The molecule has 3 rings (SSSR count). The van der Waals surface area contributed by atoms with Gasteiger partial charge >= 0.3 is 5.97 Å². The Labute approximate surface area is 163 Å². The van der Waals surface area contributed by atoms with Crippen molar-refractivity contribution in [3.05, 3.63) is 16.7 Å². The molecule has 3 heterocycles. The summed E-state index contributed by atoms with van der Waals surface area (Å²) >= 11 is 3.57. The molecular formula is C16H21BrN6O4. The van der Waals surface area contributed by atoms with E-state index in [0.717, 1.165) is 6.42 Å². The topological polar surface area (TPSA) is 115 Å². The summed E-state index contributed by atoms with van der Waals surface area (Å²) in [7, 11) is 3.61. The van der Waals surface area contributed by atoms with Gasteiger partial charge in [0.2, 0.25) is 5.95 Å². The van der Waals surface area contributed by atoms with Crippen LogP contribution in [-0.2, 0) is 14.3 Å². The van der Waals surface area contributed by atoms with Gasteiger partial charge in [-0.15, -0.1) is 0 Å². The summed E-state index contributed by atoms with van der Waals surface area (Å²) < 4.78 is 13.1. The molecule has 2 aromatic rings. The number of imidazole rings is 1. The second kappa shape index (κ2) is 7.77. The fraction of sp³-hybridized carbons (Fsp3) is 0.562. The monoisotopic (exact) mass is 440 g/mol. The zero-order valence-electron chi connectivity index (χ0n) is 15.4. The van der Waals surface area contributed by atoms with Crippen molar-refractivity contribution in [2.24, 2.45) is 4.99 Å². The van der Waals surface area contributed by atoms with E-state index < -0.39 is 23.9 Å². The zero-order chi connectivity index (χ0) is 19.7. The van der Waals surface area contributed by atoms with Gasteiger partial charge in [0, 0.05) is 21.0 Å². The minimum absolute atomic E-state index is 0.146. The number of carbonyl (C=O) groups is 1. The highest BCUT2D eigenvalue weighted by Gasteiger charge is 2.46. The number of ether oxygens (including phenoxy) is 2. The molecule has 0 radical (unpaired) electrons. The number of hydrogen-bond donors (Lipinski definition) is 1. The summed E-state index contributed by atoms with van der Waals surface area (Å²) in [6.07, 6.45) is 2.31. The molecule has 1 fully saturated rings. The number of hydrogen-bond acceptors (Lipinski definition) is 7. The Morgan fingerprint density at radius 2 is 2.30 bits per heavy atom. The van der Waals surface area contributed by atoms with Crippen LogP contribution in [0.15, 0.2) is 16.1 Å². The number of alkyl halides is 1. The predicted octanol–water partition coefficient (Wildman–Crippen LogP) is 1.34. The van der Waals surface area contributed by atoms with Crippen LogP contribution < -0.4 is 5.56 Å². The minimum Gasteiger partial charge on any atom is -0.456 e. The van der Waals surface area contributed by atoms with Crippen molar-refractivity contribution < 1.29 is 14.3 Å². The van der Waals surface area contributed by atoms with Crippen molar-refractivity contribution in [1.82, 2.24) is 24.4 Å². The number of rotatable bonds is 5. The highest BCUT2D eigenvalue weighted by Crippen LogP contribution is 2.38. The first-order valence-corrected chi connectivity index (χ1v) is 9.37. The van der Waals surface area contributed by atoms with Crippen molar-refractivity contribution in [3.8, 4) is 0 Å². The van der Waals surface area contributed by atoms with Gasteiger partial charge in [-0.3, -0.25) is 19.1 Å². The molecule has 146 valence electrons. The van der Waals surface area contributed by atoms with Crippen LogP contribution in [0.25, 0.3) is 11.2 Å². The molecule has 0 aliphatic carbocycles. The van der Waals surface area contributed by atoms with Crippen LogP contribution in [0.1, 0.15) is 26.5 Å². The fourth-order valence-corrected chi connectivity index (χ4v) is 3.76. The molecule has 0 amide bonds. The van der Waals surface area contributed by atoms with E-state index in [0.29, 0.717) is 5.65 Å². The lowest BCUT2D eigenvalue weighted by atomic mass is 10.1. The summed E-state index contributed by atoms with van der Waals surface area (Å²) in [6, 6.07) is 0. The molecule has 1 aliphatic heterocycles. The highest BCUT2D eigenvalue weighted by molar-refractivity contribution is 9.09. The lowest BCUT2D eigenvalue weighted by molar-refractivity contribution is -0.151. The molecule has 2 aromatic heterocycles. The van der Waals surface area contributed by atoms with Gasteiger partial charge in [0.15, 0.2) is 23.5 Å². The number of nitrogens with zero attached hydrogens (tertiary/aromatic N) is 5. The van der Waals surface area contributed by atoms with E-state index in [1.165, 1.54) is 19.6 Å². The third kappa shape index (κ3) is 3.88. The summed E-state index contributed by atoms with van der Waals surface area (Å²) in [5.74, 6) is -0.270. The maximum Gasteiger partial charge on any atom is 0.303 e. The first-order valence-electron chi connectivity index (χ1n) is 8.46. The molecular weight excluding hydrogens is 420 g/mol. The van der Waals surface area contributed by atoms with E-state index >= 15 is 0 Å². The Hall–Kier alpha value is -2.27. The van der Waals surface area contributed by atoms with Gasteiger partial charge in [0.25, 0.3) is 5.56 Å². The molecule has 0 spiro atoms. The molecule has 27 heavy (non-hydrogen) atoms. The molecule has 1 N–H and O–H groups in total. The Morgan fingerprint density at radius 1 is 1.56 bits per heavy atom. The van der Waals surface area contributed by atoms with E-state index in [-0.39, 0.29) is 22.4 Å². The highest BCUT2D eigenvalue weighted by atomic mass is 79.9. The summed E-state index contributed by atoms with van der Waals surface area (Å²) in [6.45, 7) is 3.33. The van der Waals surface area contributed by atoms with Crippen LogP contribution in [0.5, 0.6) is 0 Å². The molecule has 1 unspecified atom stereocenters. The third-order valence-corrected chi connectivity index (χ3v) is 5.18. The van der Waals surface area contributed by atoms with Gasteiger partial charge in [0.05, 0.1) is 23.6 Å². The zero-order valence-corrected chi connectivity index (χ0v) is 17.0. The average Bonchev–Trinajstić information content (AvgIpc) is 3.15. The van der Waals surface area contributed by atoms with Crippen molar-refractivity contribution in [2.75, 3.05) is 14.1 Å². The second-order valence-electron chi connectivity index (χ2n) is 6.41. The van der Waals surface area contributed by atoms with Crippen LogP contribution in [0.2, 0.25) is 0 Å². The molecule has 0 saturated carbocycles. The Bertz CT molecular complexity index is 923. The first kappa shape index (κ1) is 19.5. The summed E-state index contributed by atoms with van der Waals surface area (Å²) in [4.78, 5) is 40.7. The molecule has 11 heteroatoms. The van der Waals surface area contributed by atoms with E-state index in [4.69, 9.17) is 9.47 Å². The van der Waals surface area contributed by atoms with Gasteiger partial charge in [0.1, 0.15) is 0 Å². The number of fused-ring (bicyclic) bond motifs is 1. The molecule has 0 bridgehead atoms. The van der Waals surface area contributed by atoms with Crippen molar-refractivity contribution >= 4 is 45.4 Å². The minimum atomic E-state index is -0.659. The molecule has 1 saturated heterocycles. The predicted molar refractivity (Wildman–Crippen MR) is 102 cm³/mol. The van der Waals surface area contributed by atoms with Gasteiger partial charge in [-0.1, -0.05) is 22.9 Å². The lowest BCUT2D eigenvalue weighted by Gasteiger charge is -2.21. The van der Waals surface area contributed by atoms with Gasteiger partial charge in [-0.05, 0) is 6.42 Å². The number of aromatic amines is 1. The SMILES string of the molecule is CC[C@H]1O[C@@H](n2cnc3c(=O)[nH]c(N=CN(C)C)nc32)C(OC(C)=O)[C@H]1Br. The van der Waals surface area contributed by atoms with Crippen LogP contribution in [0.4, 0.5) is 5.95 Å². The van der Waals surface area contributed by atoms with Crippen LogP contribution in [0, 0.1) is 0 Å². The molecule has 0 aromatic carbocycles. The number of esters is 1. The maximum absolute atomic E-state index is 12.3. The molecule has 10 nitrogen and oxygen atoms in total. The lowest BCUT2D eigenvalue weighted by Crippen LogP contribution is -2.31. The van der Waals surface area contributed by atoms with Gasteiger partial charge < -0.3 is 14.4 Å². The third-order valence-electron chi connectivity index (χ3n) is 4.07. The van der Waals surface area contributed by atoms with Crippen molar-refractivity contribution in [3.63, 3.8) is 0 Å². The Morgan fingerprint density at radius 3 is 2.93 bits per heavy atom. The second-order valence-corrected chi connectivity index (χ2v) is 7.47. The van der Waals surface area contributed by atoms with E-state index in [1.54, 1.807) is 9.47 Å². The van der Waals surface area contributed by atoms with E-state index in [2.05, 4.69) is 35.9 Å². The number of nitrogens with one attached hydrogen (secondary N) is 1. The summed E-state index contributed by atoms with van der Waals surface area (Å²) in [5, 5.41) is 0. The first-order chi connectivity index (χ1) is 12.8. The summed E-state index contributed by atoms with van der Waals surface area (Å²) in [5.41, 5.74) is 0.0624. The number of aliphatic imine (C=N–C) groups is 1. The number of carbonyl (C=O) groups excluding carboxylic acids is 1. The number of H-pyrrole nitrogens is 1. The van der Waals surface area contributed by atoms with Crippen LogP contribution in [-0.4, -0.2) is 67.9 Å². The fourth-order valence-electron chi connectivity index (χ4n) is 2.89. The molecule has 1 aliphatic rings. The number of aromatic nitrogens is 4.